The number of amides is 2. The Bertz CT molecular complexity index is 627. The molecule has 0 saturated heterocycles. The summed E-state index contributed by atoms with van der Waals surface area (Å²) < 4.78 is 5.78. The van der Waals surface area contributed by atoms with Crippen molar-refractivity contribution < 1.29 is 9.53 Å². The Labute approximate surface area is 144 Å². The fraction of sp³-hybridized carbons (Fsp3) is 0.350. The molecule has 0 heterocycles. The Morgan fingerprint density at radius 1 is 0.958 bits per heavy atom. The summed E-state index contributed by atoms with van der Waals surface area (Å²) in [5.41, 5.74) is 2.40. The number of carbonyl (C=O) groups excluding carboxylic acids is 1. The van der Waals surface area contributed by atoms with Gasteiger partial charge in [0.05, 0.1) is 6.54 Å². The van der Waals surface area contributed by atoms with Crippen molar-refractivity contribution in [1.29, 1.82) is 0 Å². The third-order valence-corrected chi connectivity index (χ3v) is 3.73. The van der Waals surface area contributed by atoms with Gasteiger partial charge in [-0.15, -0.1) is 0 Å². The molecule has 2 N–H and O–H groups in total. The zero-order chi connectivity index (χ0) is 17.2. The third-order valence-electron chi connectivity index (χ3n) is 3.73. The van der Waals surface area contributed by atoms with Crippen LogP contribution >= 0.6 is 0 Å². The lowest BCUT2D eigenvalue weighted by molar-refractivity contribution is 0.236. The smallest absolute Gasteiger partial charge is 0.314 e. The highest BCUT2D eigenvalue weighted by atomic mass is 16.5. The Balaban J connectivity index is 1.63. The van der Waals surface area contributed by atoms with Crippen molar-refractivity contribution in [1.82, 2.24) is 10.6 Å². The van der Waals surface area contributed by atoms with Crippen LogP contribution in [0.5, 0.6) is 5.75 Å². The molecule has 0 spiro atoms. The summed E-state index contributed by atoms with van der Waals surface area (Å²) in [5, 5.41) is 5.67. The molecule has 0 atom stereocenters. The number of hydrogen-bond acceptors (Lipinski definition) is 2. The summed E-state index contributed by atoms with van der Waals surface area (Å²) in [6.45, 7) is 5.83. The van der Waals surface area contributed by atoms with Gasteiger partial charge in [0, 0.05) is 6.54 Å². The number of para-hydroxylation sites is 1. The van der Waals surface area contributed by atoms with E-state index in [2.05, 4.69) is 42.7 Å². The van der Waals surface area contributed by atoms with E-state index >= 15 is 0 Å². The number of rotatable bonds is 8. The second-order valence-electron chi connectivity index (χ2n) is 5.96. The molecule has 0 aliphatic carbocycles. The Hall–Kier alpha value is -2.49. The standard InChI is InChI=1S/C20H26N2O2/c1-16(2)18-10-6-7-11-19(18)24-15-14-22-20(23)21-13-12-17-8-4-3-5-9-17/h3-11,16H,12-15H2,1-2H3,(H2,21,22,23). The minimum absolute atomic E-state index is 0.160. The predicted octanol–water partition coefficient (Wildman–Crippen LogP) is 3.73. The van der Waals surface area contributed by atoms with Crippen LogP contribution in [0.4, 0.5) is 4.79 Å². The predicted molar refractivity (Wildman–Crippen MR) is 97.6 cm³/mol. The van der Waals surface area contributed by atoms with Gasteiger partial charge in [0.2, 0.25) is 0 Å². The second kappa shape index (κ2) is 9.60. The number of urea groups is 1. The van der Waals surface area contributed by atoms with Gasteiger partial charge >= 0.3 is 6.03 Å². The summed E-state index contributed by atoms with van der Waals surface area (Å²) >= 11 is 0. The molecule has 0 aliphatic rings. The first kappa shape index (κ1) is 17.9. The average Bonchev–Trinajstić information content (AvgIpc) is 2.60. The third kappa shape index (κ3) is 5.95. The summed E-state index contributed by atoms with van der Waals surface area (Å²) in [6.07, 6.45) is 0.826. The lowest BCUT2D eigenvalue weighted by Gasteiger charge is -2.14. The fourth-order valence-corrected chi connectivity index (χ4v) is 2.44. The van der Waals surface area contributed by atoms with Gasteiger partial charge in [0.25, 0.3) is 0 Å². The van der Waals surface area contributed by atoms with E-state index in [-0.39, 0.29) is 6.03 Å². The molecule has 4 heteroatoms. The van der Waals surface area contributed by atoms with Crippen LogP contribution < -0.4 is 15.4 Å². The van der Waals surface area contributed by atoms with Crippen LogP contribution in [-0.2, 0) is 6.42 Å². The Kier molecular flexibility index (Phi) is 7.15. The Morgan fingerprint density at radius 3 is 2.38 bits per heavy atom. The molecule has 2 aromatic carbocycles. The topological polar surface area (TPSA) is 50.4 Å². The molecule has 128 valence electrons. The largest absolute Gasteiger partial charge is 0.491 e. The maximum absolute atomic E-state index is 11.7. The van der Waals surface area contributed by atoms with E-state index in [0.29, 0.717) is 25.6 Å². The fourth-order valence-electron chi connectivity index (χ4n) is 2.44. The maximum Gasteiger partial charge on any atom is 0.314 e. The van der Waals surface area contributed by atoms with Crippen LogP contribution in [0.3, 0.4) is 0 Å². The Morgan fingerprint density at radius 2 is 1.62 bits per heavy atom. The minimum atomic E-state index is -0.160. The quantitative estimate of drug-likeness (QED) is 0.726. The van der Waals surface area contributed by atoms with Crippen LogP contribution in [-0.4, -0.2) is 25.7 Å². The first-order valence-corrected chi connectivity index (χ1v) is 8.44. The highest BCUT2D eigenvalue weighted by Gasteiger charge is 2.06. The van der Waals surface area contributed by atoms with Gasteiger partial charge in [0.1, 0.15) is 12.4 Å². The summed E-state index contributed by atoms with van der Waals surface area (Å²) in [5.74, 6) is 1.30. The molecule has 0 bridgehead atoms. The van der Waals surface area contributed by atoms with Gasteiger partial charge in [-0.05, 0) is 29.5 Å². The van der Waals surface area contributed by atoms with E-state index in [1.807, 2.05) is 36.4 Å². The molecule has 0 saturated carbocycles. The summed E-state index contributed by atoms with van der Waals surface area (Å²) in [7, 11) is 0. The van der Waals surface area contributed by atoms with Crippen LogP contribution in [0.1, 0.15) is 30.9 Å². The number of hydrogen-bond donors (Lipinski definition) is 2. The molecular weight excluding hydrogens is 300 g/mol. The van der Waals surface area contributed by atoms with Gasteiger partial charge in [-0.2, -0.15) is 0 Å². The van der Waals surface area contributed by atoms with Crippen molar-refractivity contribution in [2.24, 2.45) is 0 Å². The van der Waals surface area contributed by atoms with Gasteiger partial charge in [-0.1, -0.05) is 62.4 Å². The van der Waals surface area contributed by atoms with Crippen molar-refractivity contribution in [2.75, 3.05) is 19.7 Å². The molecule has 0 unspecified atom stereocenters. The molecule has 2 amide bonds. The number of carbonyl (C=O) groups is 1. The van der Waals surface area contributed by atoms with Crippen LogP contribution in [0, 0.1) is 0 Å². The molecule has 2 rings (SSSR count). The molecule has 0 aromatic heterocycles. The minimum Gasteiger partial charge on any atom is -0.491 e. The van der Waals surface area contributed by atoms with E-state index < -0.39 is 0 Å². The van der Waals surface area contributed by atoms with Crippen LogP contribution in [0.2, 0.25) is 0 Å². The molecule has 0 fully saturated rings. The van der Waals surface area contributed by atoms with Gasteiger partial charge in [-0.3, -0.25) is 0 Å². The molecule has 4 nitrogen and oxygen atoms in total. The highest BCUT2D eigenvalue weighted by molar-refractivity contribution is 5.73. The zero-order valence-corrected chi connectivity index (χ0v) is 14.4. The van der Waals surface area contributed by atoms with Crippen LogP contribution in [0.25, 0.3) is 0 Å². The van der Waals surface area contributed by atoms with Gasteiger partial charge in [0.15, 0.2) is 0 Å². The van der Waals surface area contributed by atoms with Gasteiger partial charge in [-0.25, -0.2) is 4.79 Å². The molecule has 0 aliphatic heterocycles. The zero-order valence-electron chi connectivity index (χ0n) is 14.4. The van der Waals surface area contributed by atoms with E-state index in [0.717, 1.165) is 12.2 Å². The van der Waals surface area contributed by atoms with E-state index in [1.165, 1.54) is 11.1 Å². The highest BCUT2D eigenvalue weighted by Crippen LogP contribution is 2.25. The number of nitrogens with one attached hydrogen (secondary N) is 2. The molecule has 24 heavy (non-hydrogen) atoms. The first-order valence-electron chi connectivity index (χ1n) is 8.44. The second-order valence-corrected chi connectivity index (χ2v) is 5.96. The van der Waals surface area contributed by atoms with Crippen molar-refractivity contribution in [3.63, 3.8) is 0 Å². The van der Waals surface area contributed by atoms with E-state index in [9.17, 15) is 4.79 Å². The van der Waals surface area contributed by atoms with Gasteiger partial charge < -0.3 is 15.4 Å². The lowest BCUT2D eigenvalue weighted by Crippen LogP contribution is -2.38. The van der Waals surface area contributed by atoms with E-state index in [1.54, 1.807) is 0 Å². The van der Waals surface area contributed by atoms with Crippen molar-refractivity contribution in [3.05, 3.63) is 65.7 Å². The van der Waals surface area contributed by atoms with Crippen molar-refractivity contribution in [2.45, 2.75) is 26.2 Å². The lowest BCUT2D eigenvalue weighted by atomic mass is 10.0. The van der Waals surface area contributed by atoms with Crippen LogP contribution in [0.15, 0.2) is 54.6 Å². The number of benzene rings is 2. The number of ether oxygens (including phenoxy) is 1. The maximum atomic E-state index is 11.7. The van der Waals surface area contributed by atoms with E-state index in [4.69, 9.17) is 4.74 Å². The first-order chi connectivity index (χ1) is 11.7. The summed E-state index contributed by atoms with van der Waals surface area (Å²) in [4.78, 5) is 11.7. The normalized spacial score (nSPS) is 10.5. The van der Waals surface area contributed by atoms with Crippen molar-refractivity contribution in [3.8, 4) is 5.75 Å². The van der Waals surface area contributed by atoms with Crippen molar-refractivity contribution >= 4 is 6.03 Å². The molecular formula is C20H26N2O2. The summed E-state index contributed by atoms with van der Waals surface area (Å²) in [6, 6.07) is 18.0. The SMILES string of the molecule is CC(C)c1ccccc1OCCNC(=O)NCCc1ccccc1. The molecule has 2 aromatic rings. The molecule has 0 radical (unpaired) electrons. The average molecular weight is 326 g/mol. The monoisotopic (exact) mass is 326 g/mol.